The predicted octanol–water partition coefficient (Wildman–Crippen LogP) is 3.56. The Balaban J connectivity index is 1.58. The summed E-state index contributed by atoms with van der Waals surface area (Å²) < 4.78 is 20.2. The van der Waals surface area contributed by atoms with Crippen LogP contribution in [0.25, 0.3) is 17.1 Å². The van der Waals surface area contributed by atoms with E-state index in [0.29, 0.717) is 23.5 Å². The third-order valence-electron chi connectivity index (χ3n) is 5.50. The molecule has 1 aliphatic heterocycles. The summed E-state index contributed by atoms with van der Waals surface area (Å²) in [6, 6.07) is 3.80. The quantitative estimate of drug-likeness (QED) is 0.895. The van der Waals surface area contributed by atoms with E-state index in [9.17, 15) is 4.39 Å². The van der Waals surface area contributed by atoms with E-state index in [1.165, 1.54) is 12.4 Å². The van der Waals surface area contributed by atoms with Crippen LogP contribution in [0, 0.1) is 12.7 Å². The zero-order chi connectivity index (χ0) is 18.8. The fraction of sp³-hybridized carbons (Fsp3) is 0.450. The number of ether oxygens (including phenoxy) is 1. The van der Waals surface area contributed by atoms with Gasteiger partial charge in [0.2, 0.25) is 0 Å². The summed E-state index contributed by atoms with van der Waals surface area (Å²) >= 11 is 0. The fourth-order valence-corrected chi connectivity index (χ4v) is 3.95. The highest BCUT2D eigenvalue weighted by Gasteiger charge is 2.26. The van der Waals surface area contributed by atoms with Crippen LogP contribution < -0.4 is 0 Å². The molecule has 27 heavy (non-hydrogen) atoms. The van der Waals surface area contributed by atoms with Gasteiger partial charge in [-0.15, -0.1) is 0 Å². The number of methoxy groups -OCH3 is 1. The van der Waals surface area contributed by atoms with Crippen LogP contribution in [0.15, 0.2) is 29.7 Å². The molecule has 0 unspecified atom stereocenters. The Morgan fingerprint density at radius 1 is 1.19 bits per heavy atom. The molecule has 0 radical (unpaired) electrons. The van der Waals surface area contributed by atoms with Crippen LogP contribution in [0.2, 0.25) is 0 Å². The molecule has 0 amide bonds. The molecule has 4 rings (SSSR count). The maximum Gasteiger partial charge on any atom is 0.183 e. The molecule has 2 aromatic rings. The number of hydrogen-bond donors (Lipinski definition) is 1. The van der Waals surface area contributed by atoms with Gasteiger partial charge in [-0.3, -0.25) is 10.1 Å². The molecular weight excluding hydrogens is 345 g/mol. The minimum atomic E-state index is -0.343. The van der Waals surface area contributed by atoms with Crippen LogP contribution in [0.1, 0.15) is 36.8 Å². The summed E-state index contributed by atoms with van der Waals surface area (Å²) in [7, 11) is 1.79. The number of aromatic amines is 1. The number of nitrogens with one attached hydrogen (secondary N) is 1. The van der Waals surface area contributed by atoms with Gasteiger partial charge in [-0.05, 0) is 50.3 Å². The number of rotatable bonds is 4. The summed E-state index contributed by atoms with van der Waals surface area (Å²) in [5.41, 5.74) is 2.95. The molecule has 6 nitrogen and oxygen atoms in total. The Labute approximate surface area is 158 Å². The number of aliphatic imine (C=N–C) groups is 1. The smallest absolute Gasteiger partial charge is 0.183 e. The first kappa shape index (κ1) is 17.9. The van der Waals surface area contributed by atoms with Crippen LogP contribution >= 0.6 is 0 Å². The van der Waals surface area contributed by atoms with Crippen molar-refractivity contribution in [2.45, 2.75) is 44.8 Å². The molecule has 1 saturated carbocycles. The molecule has 2 heterocycles. The molecule has 1 aromatic carbocycles. The van der Waals surface area contributed by atoms with Crippen molar-refractivity contribution in [1.82, 2.24) is 20.1 Å². The van der Waals surface area contributed by atoms with Gasteiger partial charge in [-0.1, -0.05) is 0 Å². The molecule has 7 heteroatoms. The summed E-state index contributed by atoms with van der Waals surface area (Å²) in [4.78, 5) is 10.9. The first-order valence-electron chi connectivity index (χ1n) is 9.35. The number of hydrogen-bond acceptors (Lipinski definition) is 5. The molecule has 142 valence electrons. The van der Waals surface area contributed by atoms with Gasteiger partial charge in [0.05, 0.1) is 23.9 Å². The van der Waals surface area contributed by atoms with E-state index in [-0.39, 0.29) is 5.82 Å². The number of H-pyrrole nitrogens is 1. The van der Waals surface area contributed by atoms with Crippen molar-refractivity contribution in [1.29, 1.82) is 0 Å². The Morgan fingerprint density at radius 3 is 2.70 bits per heavy atom. The largest absolute Gasteiger partial charge is 0.381 e. The molecule has 1 aliphatic carbocycles. The normalized spacial score (nSPS) is 22.8. The third kappa shape index (κ3) is 3.64. The van der Waals surface area contributed by atoms with Gasteiger partial charge in [-0.2, -0.15) is 5.10 Å². The van der Waals surface area contributed by atoms with Gasteiger partial charge in [0.15, 0.2) is 5.82 Å². The van der Waals surface area contributed by atoms with Crippen molar-refractivity contribution in [3.63, 3.8) is 0 Å². The van der Waals surface area contributed by atoms with E-state index >= 15 is 0 Å². The van der Waals surface area contributed by atoms with Crippen LogP contribution in [0.5, 0.6) is 0 Å². The molecule has 1 fully saturated rings. The van der Waals surface area contributed by atoms with Crippen molar-refractivity contribution < 1.29 is 9.13 Å². The van der Waals surface area contributed by atoms with Gasteiger partial charge in [0, 0.05) is 31.1 Å². The predicted molar refractivity (Wildman–Crippen MR) is 103 cm³/mol. The second kappa shape index (κ2) is 7.60. The average molecular weight is 369 g/mol. The van der Waals surface area contributed by atoms with Crippen molar-refractivity contribution in [2.75, 3.05) is 13.7 Å². The summed E-state index contributed by atoms with van der Waals surface area (Å²) in [6.07, 6.45) is 10.2. The number of aryl methyl sites for hydroxylation is 1. The molecule has 0 bridgehead atoms. The first-order chi connectivity index (χ1) is 13.2. The highest BCUT2D eigenvalue weighted by molar-refractivity contribution is 5.79. The number of benzene rings is 1. The van der Waals surface area contributed by atoms with Crippen LogP contribution in [0.3, 0.4) is 0 Å². The fourth-order valence-electron chi connectivity index (χ4n) is 3.95. The summed E-state index contributed by atoms with van der Waals surface area (Å²) in [5.74, 6) is 0.0174. The van der Waals surface area contributed by atoms with Crippen molar-refractivity contribution >= 4 is 11.9 Å². The highest BCUT2D eigenvalue weighted by atomic mass is 19.1. The number of aromatic nitrogens is 3. The molecule has 2 aliphatic rings. The number of nitrogens with zero attached hydrogens (tertiary/aromatic N) is 4. The SMILES string of the molecule is CO[C@H]1CC[C@H](N2C=C(c3cc(F)c(-c4nc[nH]n4)cc3C)N=CC2)CC1. The number of halogens is 1. The standard InChI is InChI=1S/C20H24FN5O/c1-13-9-17(20-23-12-24-25-20)18(21)10-16(13)19-11-26(8-7-22-19)14-3-5-15(27-2)6-4-14/h7,9-12,14-15H,3-6,8H2,1-2H3,(H,23,24,25)/t14-,15-. The van der Waals surface area contributed by atoms with Crippen molar-refractivity contribution in [3.05, 3.63) is 41.6 Å². The average Bonchev–Trinajstić information content (AvgIpc) is 3.24. The van der Waals surface area contributed by atoms with Gasteiger partial charge in [-0.25, -0.2) is 9.37 Å². The Kier molecular flexibility index (Phi) is 5.03. The zero-order valence-electron chi connectivity index (χ0n) is 15.7. The Bertz CT molecular complexity index is 854. The maximum atomic E-state index is 14.7. The minimum Gasteiger partial charge on any atom is -0.381 e. The lowest BCUT2D eigenvalue weighted by atomic mass is 9.91. The van der Waals surface area contributed by atoms with E-state index < -0.39 is 0 Å². The highest BCUT2D eigenvalue weighted by Crippen LogP contribution is 2.31. The van der Waals surface area contributed by atoms with Gasteiger partial charge >= 0.3 is 0 Å². The Morgan fingerprint density at radius 2 is 2.00 bits per heavy atom. The van der Waals surface area contributed by atoms with Gasteiger partial charge in [0.1, 0.15) is 12.1 Å². The van der Waals surface area contributed by atoms with Crippen LogP contribution in [0.4, 0.5) is 4.39 Å². The van der Waals surface area contributed by atoms with E-state index in [2.05, 4.69) is 31.3 Å². The Hall–Kier alpha value is -2.54. The van der Waals surface area contributed by atoms with E-state index in [1.807, 2.05) is 13.1 Å². The molecule has 0 saturated heterocycles. The van der Waals surface area contributed by atoms with E-state index in [1.54, 1.807) is 13.2 Å². The lowest BCUT2D eigenvalue weighted by molar-refractivity contribution is 0.0501. The summed E-state index contributed by atoms with van der Waals surface area (Å²) in [6.45, 7) is 2.76. The van der Waals surface area contributed by atoms with Gasteiger partial charge < -0.3 is 9.64 Å². The van der Waals surface area contributed by atoms with E-state index in [0.717, 1.165) is 49.1 Å². The minimum absolute atomic E-state index is 0.343. The van der Waals surface area contributed by atoms with Crippen LogP contribution in [-0.4, -0.2) is 52.1 Å². The molecule has 1 aromatic heterocycles. The lowest BCUT2D eigenvalue weighted by Crippen LogP contribution is -2.38. The van der Waals surface area contributed by atoms with Crippen molar-refractivity contribution in [3.8, 4) is 11.4 Å². The third-order valence-corrected chi connectivity index (χ3v) is 5.50. The summed E-state index contributed by atoms with van der Waals surface area (Å²) in [5, 5.41) is 6.60. The molecule has 1 N–H and O–H groups in total. The molecule has 0 atom stereocenters. The van der Waals surface area contributed by atoms with Crippen molar-refractivity contribution in [2.24, 2.45) is 4.99 Å². The van der Waals surface area contributed by atoms with Crippen LogP contribution in [-0.2, 0) is 4.74 Å². The molecule has 0 spiro atoms. The second-order valence-electron chi connectivity index (χ2n) is 7.16. The second-order valence-corrected chi connectivity index (χ2v) is 7.16. The van der Waals surface area contributed by atoms with E-state index in [4.69, 9.17) is 4.74 Å². The zero-order valence-corrected chi connectivity index (χ0v) is 15.7. The maximum absolute atomic E-state index is 14.7. The molecular formula is C20H24FN5O. The monoisotopic (exact) mass is 369 g/mol. The topological polar surface area (TPSA) is 66.4 Å². The first-order valence-corrected chi connectivity index (χ1v) is 9.35. The van der Waals surface area contributed by atoms with Gasteiger partial charge in [0.25, 0.3) is 0 Å². The lowest BCUT2D eigenvalue weighted by Gasteiger charge is -2.36.